The van der Waals surface area contributed by atoms with Crippen LogP contribution in [0.2, 0.25) is 0 Å². The second-order valence-corrected chi connectivity index (χ2v) is 17.0. The summed E-state index contributed by atoms with van der Waals surface area (Å²) in [5.74, 6) is 2.83. The first kappa shape index (κ1) is 58.1. The van der Waals surface area contributed by atoms with Gasteiger partial charge in [-0.25, -0.2) is 9.97 Å². The van der Waals surface area contributed by atoms with Crippen LogP contribution in [-0.4, -0.2) is 127 Å². The van der Waals surface area contributed by atoms with E-state index in [2.05, 4.69) is 137 Å². The topological polar surface area (TPSA) is 189 Å². The SMILES string of the molecule is C.Cl.Cl.I.II.N#CCC(=O)N1CCN(c2cccc3c2ccn3-c2ccnc(NC3CCC(O)CC3)n2)CC1.OC1CCC(Nc2nccc(-n3ccc4c(N5CCNCC5)cccc43)n2)CC1. The molecule has 5 N–H and O–H groups in total. The third kappa shape index (κ3) is 14.6. The minimum Gasteiger partial charge on any atom is -0.393 e. The van der Waals surface area contributed by atoms with E-state index in [1.54, 1.807) is 11.1 Å². The molecule has 21 heteroatoms. The number of halogens is 5. The highest BCUT2D eigenvalue weighted by atomic mass is 128. The van der Waals surface area contributed by atoms with Crippen molar-refractivity contribution in [2.75, 3.05) is 72.8 Å². The van der Waals surface area contributed by atoms with Crippen molar-refractivity contribution in [3.8, 4) is 17.7 Å². The van der Waals surface area contributed by atoms with E-state index in [1.807, 2.05) is 30.6 Å². The molecule has 10 rings (SSSR count). The highest BCUT2D eigenvalue weighted by molar-refractivity contribution is 15.0. The Hall–Kier alpha value is -3.51. The molecule has 0 unspecified atom stereocenters. The number of piperazine rings is 2. The highest BCUT2D eigenvalue weighted by Gasteiger charge is 2.24. The predicted octanol–water partition coefficient (Wildman–Crippen LogP) is 9.11. The van der Waals surface area contributed by atoms with E-state index in [9.17, 15) is 15.0 Å². The molecule has 4 aliphatic rings. The van der Waals surface area contributed by atoms with Crippen molar-refractivity contribution in [1.82, 2.24) is 39.3 Å². The van der Waals surface area contributed by atoms with Gasteiger partial charge in [-0.1, -0.05) is 19.6 Å². The maximum Gasteiger partial charge on any atom is 0.236 e. The first-order chi connectivity index (χ1) is 31.9. The van der Waals surface area contributed by atoms with Gasteiger partial charge in [0, 0.05) is 149 Å². The van der Waals surface area contributed by atoms with E-state index in [4.69, 9.17) is 15.2 Å². The summed E-state index contributed by atoms with van der Waals surface area (Å²) < 4.78 is 4.21. The van der Waals surface area contributed by atoms with Gasteiger partial charge in [0.1, 0.15) is 18.1 Å². The molecular weight excluding hydrogens is 1260 g/mol. The number of carbonyl (C=O) groups excluding carboxylic acids is 1. The van der Waals surface area contributed by atoms with E-state index in [1.165, 1.54) is 11.1 Å². The van der Waals surface area contributed by atoms with Crippen LogP contribution >= 0.6 is 86.0 Å². The summed E-state index contributed by atoms with van der Waals surface area (Å²) in [7, 11) is 0. The maximum atomic E-state index is 12.0. The molecule has 6 heterocycles. The van der Waals surface area contributed by atoms with Crippen molar-refractivity contribution in [1.29, 1.82) is 5.26 Å². The number of hydrogen-bond acceptors (Lipinski definition) is 13. The Labute approximate surface area is 458 Å². The smallest absolute Gasteiger partial charge is 0.236 e. The predicted molar refractivity (Wildman–Crippen MR) is 310 cm³/mol. The van der Waals surface area contributed by atoms with E-state index < -0.39 is 0 Å². The van der Waals surface area contributed by atoms with E-state index in [0.29, 0.717) is 31.0 Å². The van der Waals surface area contributed by atoms with Crippen molar-refractivity contribution in [2.24, 2.45) is 0 Å². The molecule has 16 nitrogen and oxygen atoms in total. The van der Waals surface area contributed by atoms with Crippen LogP contribution in [0.3, 0.4) is 0 Å². The van der Waals surface area contributed by atoms with Gasteiger partial charge in [-0.3, -0.25) is 4.79 Å². The molecule has 0 spiro atoms. The fourth-order valence-electron chi connectivity index (χ4n) is 9.45. The summed E-state index contributed by atoms with van der Waals surface area (Å²) in [5, 5.41) is 40.9. The third-order valence-corrected chi connectivity index (χ3v) is 12.9. The van der Waals surface area contributed by atoms with Crippen LogP contribution < -0.4 is 25.8 Å². The van der Waals surface area contributed by atoms with E-state index >= 15 is 0 Å². The van der Waals surface area contributed by atoms with Crippen LogP contribution in [0.4, 0.5) is 23.3 Å². The molecular formula is C48H64Cl2I3N13O3. The van der Waals surface area contributed by atoms with Gasteiger partial charge in [0.05, 0.1) is 29.3 Å². The molecule has 0 radical (unpaired) electrons. The average Bonchev–Trinajstić information content (AvgIpc) is 4.00. The minimum absolute atomic E-state index is 0. The number of aliphatic hydroxyl groups excluding tert-OH is 2. The lowest BCUT2D eigenvalue weighted by Gasteiger charge is -2.36. The number of fused-ring (bicyclic) bond motifs is 2. The number of aromatic nitrogens is 6. The summed E-state index contributed by atoms with van der Waals surface area (Å²) >= 11 is 4.24. The highest BCUT2D eigenvalue weighted by Crippen LogP contribution is 2.32. The molecule has 0 atom stereocenters. The van der Waals surface area contributed by atoms with Crippen LogP contribution in [-0.2, 0) is 4.79 Å². The Morgan fingerprint density at radius 1 is 0.667 bits per heavy atom. The molecule has 1 amide bonds. The van der Waals surface area contributed by atoms with Crippen molar-refractivity contribution < 1.29 is 15.0 Å². The molecule has 6 aromatic rings. The number of nitriles is 1. The second-order valence-electron chi connectivity index (χ2n) is 17.0. The first-order valence-corrected chi connectivity index (χ1v) is 28.9. The normalized spacial score (nSPS) is 19.9. The van der Waals surface area contributed by atoms with Crippen LogP contribution in [0, 0.1) is 11.3 Å². The molecule has 69 heavy (non-hydrogen) atoms. The van der Waals surface area contributed by atoms with Crippen LogP contribution in [0.15, 0.2) is 85.5 Å². The van der Waals surface area contributed by atoms with Crippen LogP contribution in [0.5, 0.6) is 0 Å². The molecule has 2 saturated carbocycles. The fraction of sp³-hybridized carbons (Fsp3) is 0.458. The number of anilines is 4. The molecule has 2 saturated heterocycles. The van der Waals surface area contributed by atoms with Gasteiger partial charge in [0.25, 0.3) is 0 Å². The number of amides is 1. The van der Waals surface area contributed by atoms with Gasteiger partial charge >= 0.3 is 0 Å². The van der Waals surface area contributed by atoms with Gasteiger partial charge < -0.3 is 50.0 Å². The van der Waals surface area contributed by atoms with E-state index in [-0.39, 0.29) is 86.8 Å². The number of hydrogen-bond donors (Lipinski definition) is 5. The number of benzene rings is 2. The van der Waals surface area contributed by atoms with Gasteiger partial charge in [-0.05, 0) is 99.9 Å². The van der Waals surface area contributed by atoms with Gasteiger partial charge in [-0.15, -0.1) is 48.8 Å². The molecule has 374 valence electrons. The number of aliphatic hydroxyl groups is 2. The second kappa shape index (κ2) is 28.5. The Balaban J connectivity index is 0.000000277. The average molecular weight is 1320 g/mol. The Morgan fingerprint density at radius 2 is 1.10 bits per heavy atom. The molecule has 2 aliphatic carbocycles. The zero-order valence-corrected chi connectivity index (χ0v) is 45.9. The molecule has 4 fully saturated rings. The zero-order chi connectivity index (χ0) is 45.1. The van der Waals surface area contributed by atoms with Gasteiger partial charge in [0.15, 0.2) is 0 Å². The van der Waals surface area contributed by atoms with E-state index in [0.717, 1.165) is 124 Å². The standard InChI is InChI=1S/C25H29N7O2.C22H28N6O.CH4.2ClH.I2.HI/c26-11-8-24(34)31-16-14-30(15-17-31)21-2-1-3-22-20(21)10-13-32(22)23-9-12-27-25(29-23)28-18-4-6-19(33)7-5-18;29-17-6-4-16(5-7-17)25-22-24-10-8-21(26-22)28-13-9-18-19(2-1-3-20(18)28)27-14-11-23-12-15-27;;;;1-2;/h1-3,9-10,12-13,18-19,33H,4-8,14-17H2,(H,27,28,29);1-3,8-10,13,16-17,23,29H,4-7,11-12,14-15H2,(H,24,25,26);1H4;2*1H;;1H. The first-order valence-electron chi connectivity index (χ1n) is 22.7. The van der Waals surface area contributed by atoms with Crippen molar-refractivity contribution in [2.45, 2.75) is 89.5 Å². The lowest BCUT2D eigenvalue weighted by atomic mass is 9.93. The van der Waals surface area contributed by atoms with Crippen molar-refractivity contribution >= 4 is 137 Å². The number of nitrogens with one attached hydrogen (secondary N) is 3. The quantitative estimate of drug-likeness (QED) is 0.0864. The minimum atomic E-state index is -0.188. The monoisotopic (exact) mass is 1320 g/mol. The number of carbonyl (C=O) groups is 1. The number of nitrogens with zero attached hydrogens (tertiary/aromatic N) is 10. The molecule has 2 aliphatic heterocycles. The molecule has 4 aromatic heterocycles. The van der Waals surface area contributed by atoms with Crippen LogP contribution in [0.25, 0.3) is 33.4 Å². The lowest BCUT2D eigenvalue weighted by molar-refractivity contribution is -0.130. The largest absolute Gasteiger partial charge is 0.393 e. The lowest BCUT2D eigenvalue weighted by Crippen LogP contribution is -2.48. The maximum absolute atomic E-state index is 12.0. The summed E-state index contributed by atoms with van der Waals surface area (Å²) in [6.45, 7) is 6.82. The summed E-state index contributed by atoms with van der Waals surface area (Å²) in [6.07, 6.45) is 14.4. The van der Waals surface area contributed by atoms with Gasteiger partial charge in [-0.2, -0.15) is 15.2 Å². The number of rotatable bonds is 9. The molecule has 2 aromatic carbocycles. The Kier molecular flexibility index (Phi) is 24.0. The fourth-order valence-corrected chi connectivity index (χ4v) is 9.45. The van der Waals surface area contributed by atoms with Crippen LogP contribution in [0.1, 0.15) is 65.2 Å². The molecule has 0 bridgehead atoms. The summed E-state index contributed by atoms with van der Waals surface area (Å²) in [5.41, 5.74) is 4.64. The van der Waals surface area contributed by atoms with Crippen molar-refractivity contribution in [3.05, 3.63) is 85.5 Å². The van der Waals surface area contributed by atoms with Gasteiger partial charge in [0.2, 0.25) is 17.8 Å². The van der Waals surface area contributed by atoms with Crippen molar-refractivity contribution in [3.63, 3.8) is 0 Å². The Bertz CT molecular complexity index is 2550. The Morgan fingerprint density at radius 3 is 1.54 bits per heavy atom. The summed E-state index contributed by atoms with van der Waals surface area (Å²) in [4.78, 5) is 36.9. The zero-order valence-electron chi connectivity index (χ0n) is 37.7. The summed E-state index contributed by atoms with van der Waals surface area (Å²) in [6, 6.07) is 23.4. The third-order valence-electron chi connectivity index (χ3n) is 12.9.